The van der Waals surface area contributed by atoms with E-state index in [1.165, 1.54) is 18.5 Å². The minimum absolute atomic E-state index is 0.220. The second-order valence-electron chi connectivity index (χ2n) is 2.29. The number of hydrogen-bond donors (Lipinski definition) is 2. The highest BCUT2D eigenvalue weighted by molar-refractivity contribution is 5.86. The Morgan fingerprint density at radius 1 is 1.43 bits per heavy atom. The first-order chi connectivity index (χ1) is 6.57. The molecule has 0 saturated carbocycles. The predicted octanol–water partition coefficient (Wildman–Crippen LogP) is 1.26. The molecule has 5 heteroatoms. The zero-order valence-electron chi connectivity index (χ0n) is 7.67. The molecule has 1 aromatic heterocycles. The molecule has 5 nitrogen and oxygen atoms in total. The quantitative estimate of drug-likeness (QED) is 0.745. The van der Waals surface area contributed by atoms with Crippen molar-refractivity contribution in [1.82, 2.24) is 4.98 Å². The molecule has 0 amide bonds. The Morgan fingerprint density at radius 3 is 2.21 bits per heavy atom. The van der Waals surface area contributed by atoms with Gasteiger partial charge in [0.2, 0.25) is 0 Å². The Balaban J connectivity index is 0.000000292. The molecular weight excluding hydrogens is 186 g/mol. The van der Waals surface area contributed by atoms with Crippen molar-refractivity contribution in [2.45, 2.75) is 13.3 Å². The molecule has 2 N–H and O–H groups in total. The lowest BCUT2D eigenvalue weighted by molar-refractivity contribution is -0.136. The number of hydrogen-bond acceptors (Lipinski definition) is 3. The van der Waals surface area contributed by atoms with Crippen LogP contribution in [0.15, 0.2) is 24.5 Å². The average Bonchev–Trinajstić information content (AvgIpc) is 2.20. The summed E-state index contributed by atoms with van der Waals surface area (Å²) in [4.78, 5) is 23.2. The number of aliphatic carboxylic acids is 1. The molecular formula is C9H11NO4. The topological polar surface area (TPSA) is 87.5 Å². The van der Waals surface area contributed by atoms with Gasteiger partial charge in [0.25, 0.3) is 0 Å². The third-order valence-corrected chi connectivity index (χ3v) is 1.21. The number of carboxylic acid groups (broad SMARTS) is 2. The molecule has 0 aromatic carbocycles. The van der Waals surface area contributed by atoms with Gasteiger partial charge in [-0.05, 0) is 12.1 Å². The fourth-order valence-electron chi connectivity index (χ4n) is 0.489. The summed E-state index contributed by atoms with van der Waals surface area (Å²) in [6.07, 6.45) is 3.06. The third-order valence-electron chi connectivity index (χ3n) is 1.21. The number of aromatic nitrogens is 1. The van der Waals surface area contributed by atoms with Crippen molar-refractivity contribution in [2.24, 2.45) is 0 Å². The lowest BCUT2D eigenvalue weighted by Gasteiger charge is -1.87. The molecule has 1 rings (SSSR count). The first kappa shape index (κ1) is 12.1. The molecule has 1 aromatic rings. The molecule has 0 aliphatic heterocycles. The van der Waals surface area contributed by atoms with Gasteiger partial charge in [-0.25, -0.2) is 4.79 Å². The Morgan fingerprint density at radius 2 is 2.00 bits per heavy atom. The summed E-state index contributed by atoms with van der Waals surface area (Å²) in [6.45, 7) is 1.60. The number of carbonyl (C=O) groups is 2. The summed E-state index contributed by atoms with van der Waals surface area (Å²) in [5.74, 6) is -1.69. The van der Waals surface area contributed by atoms with Gasteiger partial charge in [-0.15, -0.1) is 0 Å². The fourth-order valence-corrected chi connectivity index (χ4v) is 0.489. The standard InChI is InChI=1S/C6H5NO2.C3H6O2/c8-6(9)5-2-1-3-7-4-5;1-2-3(4)5/h1-4H,(H,8,9);2H2,1H3,(H,4,5). The molecule has 0 aliphatic carbocycles. The van der Waals surface area contributed by atoms with Gasteiger partial charge in [-0.1, -0.05) is 6.92 Å². The average molecular weight is 197 g/mol. The van der Waals surface area contributed by atoms with Gasteiger partial charge in [0, 0.05) is 18.8 Å². The van der Waals surface area contributed by atoms with E-state index in [4.69, 9.17) is 10.2 Å². The normalized spacial score (nSPS) is 8.36. The predicted molar refractivity (Wildman–Crippen MR) is 49.1 cm³/mol. The Labute approximate surface area is 81.0 Å². The first-order valence-corrected chi connectivity index (χ1v) is 3.93. The second kappa shape index (κ2) is 6.59. The molecule has 1 heterocycles. The van der Waals surface area contributed by atoms with Gasteiger partial charge >= 0.3 is 11.9 Å². The van der Waals surface area contributed by atoms with Crippen LogP contribution in [0.2, 0.25) is 0 Å². The smallest absolute Gasteiger partial charge is 0.337 e. The van der Waals surface area contributed by atoms with Crippen molar-refractivity contribution in [3.63, 3.8) is 0 Å². The molecule has 0 fully saturated rings. The summed E-state index contributed by atoms with van der Waals surface area (Å²) in [7, 11) is 0. The van der Waals surface area contributed by atoms with Crippen LogP contribution in [-0.4, -0.2) is 27.1 Å². The van der Waals surface area contributed by atoms with Crippen LogP contribution < -0.4 is 0 Å². The summed E-state index contributed by atoms with van der Waals surface area (Å²) < 4.78 is 0. The van der Waals surface area contributed by atoms with Crippen LogP contribution in [0, 0.1) is 0 Å². The lowest BCUT2D eigenvalue weighted by atomic mass is 10.3. The van der Waals surface area contributed by atoms with Gasteiger partial charge in [0.1, 0.15) is 0 Å². The van der Waals surface area contributed by atoms with E-state index < -0.39 is 11.9 Å². The van der Waals surface area contributed by atoms with Gasteiger partial charge in [0.15, 0.2) is 0 Å². The van der Waals surface area contributed by atoms with Crippen molar-refractivity contribution >= 4 is 11.9 Å². The maximum absolute atomic E-state index is 10.2. The molecule has 0 spiro atoms. The number of pyridine rings is 1. The van der Waals surface area contributed by atoms with E-state index in [1.54, 1.807) is 13.0 Å². The number of carboxylic acids is 2. The molecule has 0 aliphatic rings. The minimum atomic E-state index is -0.942. The van der Waals surface area contributed by atoms with E-state index in [2.05, 4.69) is 4.98 Å². The van der Waals surface area contributed by atoms with Gasteiger partial charge in [-0.3, -0.25) is 9.78 Å². The van der Waals surface area contributed by atoms with Gasteiger partial charge in [0.05, 0.1) is 5.56 Å². The van der Waals surface area contributed by atoms with E-state index in [9.17, 15) is 9.59 Å². The monoisotopic (exact) mass is 197 g/mol. The maximum atomic E-state index is 10.2. The maximum Gasteiger partial charge on any atom is 0.337 e. The Bertz CT molecular complexity index is 297. The highest BCUT2D eigenvalue weighted by Gasteiger charge is 1.97. The Hall–Kier alpha value is -1.91. The fraction of sp³-hybridized carbons (Fsp3) is 0.222. The summed E-state index contributed by atoms with van der Waals surface area (Å²) in [6, 6.07) is 3.08. The van der Waals surface area contributed by atoms with Crippen LogP contribution in [0.5, 0.6) is 0 Å². The van der Waals surface area contributed by atoms with E-state index in [0.29, 0.717) is 0 Å². The molecule has 0 radical (unpaired) electrons. The first-order valence-electron chi connectivity index (χ1n) is 3.93. The molecule has 76 valence electrons. The van der Waals surface area contributed by atoms with Crippen LogP contribution in [0.25, 0.3) is 0 Å². The van der Waals surface area contributed by atoms with Crippen molar-refractivity contribution in [3.8, 4) is 0 Å². The van der Waals surface area contributed by atoms with E-state index >= 15 is 0 Å². The van der Waals surface area contributed by atoms with E-state index in [0.717, 1.165) is 0 Å². The summed E-state index contributed by atoms with van der Waals surface area (Å²) >= 11 is 0. The van der Waals surface area contributed by atoms with Crippen molar-refractivity contribution in [3.05, 3.63) is 30.1 Å². The van der Waals surface area contributed by atoms with E-state index in [-0.39, 0.29) is 12.0 Å². The van der Waals surface area contributed by atoms with E-state index in [1.807, 2.05) is 0 Å². The number of nitrogens with zero attached hydrogens (tertiary/aromatic N) is 1. The molecule has 14 heavy (non-hydrogen) atoms. The number of aromatic carboxylic acids is 1. The summed E-state index contributed by atoms with van der Waals surface area (Å²) in [5.41, 5.74) is 0.220. The van der Waals surface area contributed by atoms with Crippen LogP contribution in [0.1, 0.15) is 23.7 Å². The zero-order chi connectivity index (χ0) is 11.0. The molecule has 0 atom stereocenters. The van der Waals surface area contributed by atoms with Gasteiger partial charge in [-0.2, -0.15) is 0 Å². The SMILES string of the molecule is CCC(=O)O.O=C(O)c1cccnc1. The van der Waals surface area contributed by atoms with Crippen molar-refractivity contribution in [2.75, 3.05) is 0 Å². The minimum Gasteiger partial charge on any atom is -0.481 e. The molecule has 0 unspecified atom stereocenters. The summed E-state index contributed by atoms with van der Waals surface area (Å²) in [5, 5.41) is 16.1. The van der Waals surface area contributed by atoms with Crippen LogP contribution in [0.4, 0.5) is 0 Å². The molecule has 0 saturated heterocycles. The van der Waals surface area contributed by atoms with Crippen LogP contribution >= 0.6 is 0 Å². The van der Waals surface area contributed by atoms with Crippen LogP contribution in [-0.2, 0) is 4.79 Å². The lowest BCUT2D eigenvalue weighted by Crippen LogP contribution is -1.94. The largest absolute Gasteiger partial charge is 0.481 e. The van der Waals surface area contributed by atoms with Crippen molar-refractivity contribution < 1.29 is 19.8 Å². The second-order valence-corrected chi connectivity index (χ2v) is 2.29. The number of rotatable bonds is 2. The molecule has 0 bridgehead atoms. The zero-order valence-corrected chi connectivity index (χ0v) is 7.67. The van der Waals surface area contributed by atoms with Crippen molar-refractivity contribution in [1.29, 1.82) is 0 Å². The third kappa shape index (κ3) is 5.70. The van der Waals surface area contributed by atoms with Gasteiger partial charge < -0.3 is 10.2 Å². The van der Waals surface area contributed by atoms with Crippen LogP contribution in [0.3, 0.4) is 0 Å². The highest BCUT2D eigenvalue weighted by Crippen LogP contribution is 1.92. The Kier molecular flexibility index (Phi) is 5.69. The highest BCUT2D eigenvalue weighted by atomic mass is 16.4.